The number of nitrogens with zero attached hydrogens (tertiary/aromatic N) is 2. The van der Waals surface area contributed by atoms with Gasteiger partial charge in [-0.05, 0) is 24.6 Å². The zero-order chi connectivity index (χ0) is 18.2. The van der Waals surface area contributed by atoms with Crippen LogP contribution in [0.1, 0.15) is 18.3 Å². The Hall–Kier alpha value is -2.66. The molecule has 0 aliphatic rings. The molecule has 136 valence electrons. The lowest BCUT2D eigenvalue weighted by molar-refractivity contribution is -0.120. The standard InChI is InChI=1S/C21H25N3O2/c1-2-26-15-14-24-19-11-7-6-10-18(19)23-20(24)12-13-22-21(25)16-17-8-4-3-5-9-17/h3-11H,2,12-16H2,1H3,(H,22,25). The third kappa shape index (κ3) is 4.70. The number of nitrogens with one attached hydrogen (secondary N) is 1. The number of fused-ring (bicyclic) bond motifs is 1. The minimum absolute atomic E-state index is 0.0353. The van der Waals surface area contributed by atoms with Crippen LogP contribution in [0.5, 0.6) is 0 Å². The number of imidazole rings is 1. The van der Waals surface area contributed by atoms with Crippen molar-refractivity contribution in [2.24, 2.45) is 0 Å². The van der Waals surface area contributed by atoms with Gasteiger partial charge < -0.3 is 14.6 Å². The maximum atomic E-state index is 12.1. The molecule has 0 fully saturated rings. The number of para-hydroxylation sites is 2. The van der Waals surface area contributed by atoms with E-state index < -0.39 is 0 Å². The van der Waals surface area contributed by atoms with Crippen molar-refractivity contribution in [3.8, 4) is 0 Å². The average Bonchev–Trinajstić information content (AvgIpc) is 3.00. The Balaban J connectivity index is 1.60. The summed E-state index contributed by atoms with van der Waals surface area (Å²) in [4.78, 5) is 16.8. The van der Waals surface area contributed by atoms with Gasteiger partial charge in [0.1, 0.15) is 5.82 Å². The molecule has 0 aliphatic heterocycles. The first-order chi connectivity index (χ1) is 12.8. The number of benzene rings is 2. The summed E-state index contributed by atoms with van der Waals surface area (Å²) in [6, 6.07) is 17.9. The minimum atomic E-state index is 0.0353. The first kappa shape index (κ1) is 18.1. The van der Waals surface area contributed by atoms with E-state index in [1.165, 1.54) is 0 Å². The Morgan fingerprint density at radius 2 is 1.88 bits per heavy atom. The fourth-order valence-electron chi connectivity index (χ4n) is 3.02. The number of amides is 1. The summed E-state index contributed by atoms with van der Waals surface area (Å²) in [5.41, 5.74) is 3.11. The summed E-state index contributed by atoms with van der Waals surface area (Å²) < 4.78 is 7.69. The van der Waals surface area contributed by atoms with Crippen molar-refractivity contribution in [2.75, 3.05) is 19.8 Å². The normalized spacial score (nSPS) is 11.0. The van der Waals surface area contributed by atoms with Crippen LogP contribution in [0, 0.1) is 0 Å². The Morgan fingerprint density at radius 1 is 1.12 bits per heavy atom. The lowest BCUT2D eigenvalue weighted by Gasteiger charge is -2.10. The molecule has 5 heteroatoms. The Morgan fingerprint density at radius 3 is 2.69 bits per heavy atom. The van der Waals surface area contributed by atoms with Crippen LogP contribution in [0.4, 0.5) is 0 Å². The van der Waals surface area contributed by atoms with Crippen molar-refractivity contribution in [1.82, 2.24) is 14.9 Å². The van der Waals surface area contributed by atoms with E-state index in [2.05, 4.69) is 16.0 Å². The monoisotopic (exact) mass is 351 g/mol. The molecule has 5 nitrogen and oxygen atoms in total. The van der Waals surface area contributed by atoms with Crippen molar-refractivity contribution >= 4 is 16.9 Å². The van der Waals surface area contributed by atoms with Crippen LogP contribution in [0.2, 0.25) is 0 Å². The number of aromatic nitrogens is 2. The van der Waals surface area contributed by atoms with E-state index in [1.807, 2.05) is 55.5 Å². The zero-order valence-electron chi connectivity index (χ0n) is 15.1. The third-order valence-electron chi connectivity index (χ3n) is 4.28. The smallest absolute Gasteiger partial charge is 0.224 e. The molecule has 0 saturated carbocycles. The third-order valence-corrected chi connectivity index (χ3v) is 4.28. The van der Waals surface area contributed by atoms with E-state index in [1.54, 1.807) is 0 Å². The molecule has 0 aliphatic carbocycles. The molecule has 0 unspecified atom stereocenters. The predicted octanol–water partition coefficient (Wildman–Crippen LogP) is 2.97. The summed E-state index contributed by atoms with van der Waals surface area (Å²) in [6.07, 6.45) is 1.10. The minimum Gasteiger partial charge on any atom is -0.380 e. The number of carbonyl (C=O) groups excluding carboxylic acids is 1. The Labute approximate surface area is 154 Å². The van der Waals surface area contributed by atoms with Gasteiger partial charge in [0.05, 0.1) is 24.1 Å². The first-order valence-electron chi connectivity index (χ1n) is 9.10. The van der Waals surface area contributed by atoms with Crippen LogP contribution in [0.25, 0.3) is 11.0 Å². The molecule has 0 saturated heterocycles. The summed E-state index contributed by atoms with van der Waals surface area (Å²) >= 11 is 0. The van der Waals surface area contributed by atoms with Crippen LogP contribution >= 0.6 is 0 Å². The lowest BCUT2D eigenvalue weighted by Crippen LogP contribution is -2.28. The van der Waals surface area contributed by atoms with Crippen LogP contribution in [-0.2, 0) is 28.9 Å². The van der Waals surface area contributed by atoms with Gasteiger partial charge >= 0.3 is 0 Å². The number of rotatable bonds is 9. The molecule has 1 heterocycles. The molecular formula is C21H25N3O2. The van der Waals surface area contributed by atoms with Crippen LogP contribution in [0.15, 0.2) is 54.6 Å². The number of hydrogen-bond acceptors (Lipinski definition) is 3. The molecule has 1 N–H and O–H groups in total. The molecule has 0 bridgehead atoms. The van der Waals surface area contributed by atoms with E-state index in [-0.39, 0.29) is 5.91 Å². The van der Waals surface area contributed by atoms with E-state index in [0.29, 0.717) is 32.6 Å². The van der Waals surface area contributed by atoms with Crippen molar-refractivity contribution in [1.29, 1.82) is 0 Å². The van der Waals surface area contributed by atoms with Gasteiger partial charge in [0.25, 0.3) is 0 Å². The van der Waals surface area contributed by atoms with E-state index in [0.717, 1.165) is 29.0 Å². The maximum Gasteiger partial charge on any atom is 0.224 e. The summed E-state index contributed by atoms with van der Waals surface area (Å²) in [5, 5.41) is 2.99. The van der Waals surface area contributed by atoms with E-state index >= 15 is 0 Å². The fraction of sp³-hybridized carbons (Fsp3) is 0.333. The molecular weight excluding hydrogens is 326 g/mol. The highest BCUT2D eigenvalue weighted by Crippen LogP contribution is 2.16. The predicted molar refractivity (Wildman–Crippen MR) is 103 cm³/mol. The van der Waals surface area contributed by atoms with Gasteiger partial charge in [0.15, 0.2) is 0 Å². The van der Waals surface area contributed by atoms with Gasteiger partial charge in [-0.25, -0.2) is 4.98 Å². The molecule has 1 amide bonds. The SMILES string of the molecule is CCOCCn1c(CCNC(=O)Cc2ccccc2)nc2ccccc21. The second kappa shape index (κ2) is 9.15. The largest absolute Gasteiger partial charge is 0.380 e. The molecule has 0 radical (unpaired) electrons. The molecule has 2 aromatic carbocycles. The average molecular weight is 351 g/mol. The Kier molecular flexibility index (Phi) is 6.39. The second-order valence-corrected chi connectivity index (χ2v) is 6.13. The molecule has 3 rings (SSSR count). The topological polar surface area (TPSA) is 56.1 Å². The highest BCUT2D eigenvalue weighted by molar-refractivity contribution is 5.78. The van der Waals surface area contributed by atoms with Gasteiger partial charge in [-0.3, -0.25) is 4.79 Å². The fourth-order valence-corrected chi connectivity index (χ4v) is 3.02. The van der Waals surface area contributed by atoms with Gasteiger partial charge in [-0.1, -0.05) is 42.5 Å². The van der Waals surface area contributed by atoms with Gasteiger partial charge in [0, 0.05) is 26.1 Å². The number of hydrogen-bond donors (Lipinski definition) is 1. The zero-order valence-corrected chi connectivity index (χ0v) is 15.1. The first-order valence-corrected chi connectivity index (χ1v) is 9.10. The molecule has 3 aromatic rings. The highest BCUT2D eigenvalue weighted by atomic mass is 16.5. The molecule has 26 heavy (non-hydrogen) atoms. The Bertz CT molecular complexity index is 843. The van der Waals surface area contributed by atoms with Crippen molar-refractivity contribution in [2.45, 2.75) is 26.3 Å². The van der Waals surface area contributed by atoms with Crippen molar-refractivity contribution < 1.29 is 9.53 Å². The van der Waals surface area contributed by atoms with Crippen LogP contribution < -0.4 is 5.32 Å². The van der Waals surface area contributed by atoms with Crippen LogP contribution in [0.3, 0.4) is 0 Å². The summed E-state index contributed by atoms with van der Waals surface area (Å²) in [6.45, 7) is 4.70. The quantitative estimate of drug-likeness (QED) is 0.603. The second-order valence-electron chi connectivity index (χ2n) is 6.13. The number of carbonyl (C=O) groups is 1. The lowest BCUT2D eigenvalue weighted by atomic mass is 10.1. The van der Waals surface area contributed by atoms with E-state index in [9.17, 15) is 4.79 Å². The molecule has 0 atom stereocenters. The number of ether oxygens (including phenoxy) is 1. The highest BCUT2D eigenvalue weighted by Gasteiger charge is 2.11. The molecule has 1 aromatic heterocycles. The summed E-state index contributed by atoms with van der Waals surface area (Å²) in [7, 11) is 0. The van der Waals surface area contributed by atoms with Crippen molar-refractivity contribution in [3.63, 3.8) is 0 Å². The van der Waals surface area contributed by atoms with Crippen LogP contribution in [-0.4, -0.2) is 35.2 Å². The molecule has 0 spiro atoms. The van der Waals surface area contributed by atoms with Gasteiger partial charge in [0.2, 0.25) is 5.91 Å². The van der Waals surface area contributed by atoms with Gasteiger partial charge in [-0.2, -0.15) is 0 Å². The van der Waals surface area contributed by atoms with Crippen molar-refractivity contribution in [3.05, 3.63) is 66.0 Å². The maximum absolute atomic E-state index is 12.1. The summed E-state index contributed by atoms with van der Waals surface area (Å²) in [5.74, 6) is 1.01. The van der Waals surface area contributed by atoms with E-state index in [4.69, 9.17) is 9.72 Å². The van der Waals surface area contributed by atoms with Gasteiger partial charge in [-0.15, -0.1) is 0 Å².